The molecule has 1 aliphatic heterocycles. The number of anilines is 3. The lowest BCUT2D eigenvalue weighted by Crippen LogP contribution is -2.15. The molecule has 0 saturated heterocycles. The zero-order valence-corrected chi connectivity index (χ0v) is 21.5. The lowest BCUT2D eigenvalue weighted by atomic mass is 10.1. The van der Waals surface area contributed by atoms with Gasteiger partial charge in [-0.1, -0.05) is 30.3 Å². The quantitative estimate of drug-likeness (QED) is 0.273. The molecular formula is C33H28N4O. The zero-order chi connectivity index (χ0) is 25.8. The number of para-hydroxylation sites is 1. The predicted molar refractivity (Wildman–Crippen MR) is 157 cm³/mol. The molecule has 1 aliphatic rings. The maximum Gasteiger partial charge on any atom is 0.255 e. The van der Waals surface area contributed by atoms with Crippen LogP contribution in [0.2, 0.25) is 0 Å². The molecule has 186 valence electrons. The van der Waals surface area contributed by atoms with Gasteiger partial charge >= 0.3 is 0 Å². The summed E-state index contributed by atoms with van der Waals surface area (Å²) < 4.78 is 2.31. The highest BCUT2D eigenvalue weighted by molar-refractivity contribution is 6.11. The molecule has 38 heavy (non-hydrogen) atoms. The topological polar surface area (TPSA) is 50.2 Å². The lowest BCUT2D eigenvalue weighted by molar-refractivity contribution is 0.102. The largest absolute Gasteiger partial charge is 0.341 e. The number of nitrogens with one attached hydrogen (secondary N) is 1. The van der Waals surface area contributed by atoms with Gasteiger partial charge in [0, 0.05) is 57.2 Å². The first-order valence-electron chi connectivity index (χ1n) is 13.2. The normalized spacial score (nSPS) is 12.9. The Hall–Kier alpha value is -4.64. The molecule has 6 aromatic rings. The maximum atomic E-state index is 13.1. The van der Waals surface area contributed by atoms with Crippen molar-refractivity contribution in [2.75, 3.05) is 16.8 Å². The molecule has 0 bridgehead atoms. The van der Waals surface area contributed by atoms with Gasteiger partial charge in [0.25, 0.3) is 5.91 Å². The summed E-state index contributed by atoms with van der Waals surface area (Å²) in [4.78, 5) is 20.4. The zero-order valence-electron chi connectivity index (χ0n) is 21.5. The van der Waals surface area contributed by atoms with Gasteiger partial charge in [-0.2, -0.15) is 0 Å². The number of hydrogen-bond donors (Lipinski definition) is 1. The van der Waals surface area contributed by atoms with E-state index < -0.39 is 0 Å². The molecule has 3 heterocycles. The summed E-state index contributed by atoms with van der Waals surface area (Å²) in [5, 5.41) is 6.63. The van der Waals surface area contributed by atoms with Crippen molar-refractivity contribution in [1.82, 2.24) is 9.55 Å². The van der Waals surface area contributed by atoms with Gasteiger partial charge in [0.1, 0.15) is 5.82 Å². The Balaban J connectivity index is 1.15. The van der Waals surface area contributed by atoms with Crippen molar-refractivity contribution >= 4 is 55.8 Å². The second-order valence-electron chi connectivity index (χ2n) is 10.1. The van der Waals surface area contributed by atoms with Gasteiger partial charge in [0.05, 0.1) is 5.52 Å². The van der Waals surface area contributed by atoms with Gasteiger partial charge in [0.15, 0.2) is 0 Å². The van der Waals surface area contributed by atoms with E-state index in [9.17, 15) is 4.79 Å². The molecule has 0 atom stereocenters. The number of pyridine rings is 1. The Morgan fingerprint density at radius 3 is 2.55 bits per heavy atom. The minimum absolute atomic E-state index is 0.114. The number of fused-ring (bicyclic) bond motifs is 5. The van der Waals surface area contributed by atoms with Crippen molar-refractivity contribution in [1.29, 1.82) is 0 Å². The fourth-order valence-electron chi connectivity index (χ4n) is 5.79. The second kappa shape index (κ2) is 8.73. The molecule has 0 radical (unpaired) electrons. The minimum Gasteiger partial charge on any atom is -0.341 e. The van der Waals surface area contributed by atoms with E-state index in [1.165, 1.54) is 32.9 Å². The van der Waals surface area contributed by atoms with E-state index in [0.29, 0.717) is 5.56 Å². The van der Waals surface area contributed by atoms with Crippen LogP contribution in [0.15, 0.2) is 91.0 Å². The number of carbonyl (C=O) groups excluding carboxylic acids is 1. The summed E-state index contributed by atoms with van der Waals surface area (Å²) in [6.45, 7) is 6.03. The molecule has 0 aliphatic carbocycles. The van der Waals surface area contributed by atoms with Crippen LogP contribution in [-0.4, -0.2) is 22.0 Å². The van der Waals surface area contributed by atoms with Gasteiger partial charge < -0.3 is 14.8 Å². The van der Waals surface area contributed by atoms with Gasteiger partial charge in [0.2, 0.25) is 0 Å². The molecule has 0 spiro atoms. The van der Waals surface area contributed by atoms with Gasteiger partial charge in [-0.15, -0.1) is 0 Å². The highest BCUT2D eigenvalue weighted by Crippen LogP contribution is 2.35. The monoisotopic (exact) mass is 496 g/mol. The standard InChI is InChI=1S/C33H28N4O/c1-3-36-30-7-5-4-6-27(30)28-20-25(12-15-31(28)36)34-33(38)22-10-13-26(14-11-22)37-17-16-24-19-23-9-8-21(2)18-29(23)35-32(24)37/h4-15,18-20H,3,16-17H2,1-2H3,(H,34,38). The van der Waals surface area contributed by atoms with E-state index in [1.807, 2.05) is 30.3 Å². The number of amides is 1. The van der Waals surface area contributed by atoms with Crippen molar-refractivity contribution in [3.8, 4) is 0 Å². The fraction of sp³-hybridized carbons (Fsp3) is 0.152. The molecule has 5 heteroatoms. The molecule has 4 aromatic carbocycles. The van der Waals surface area contributed by atoms with E-state index in [1.54, 1.807) is 0 Å². The number of aromatic nitrogens is 2. The maximum absolute atomic E-state index is 13.1. The average molecular weight is 497 g/mol. The average Bonchev–Trinajstić information content (AvgIpc) is 3.50. The number of benzene rings is 4. The summed E-state index contributed by atoms with van der Waals surface area (Å²) in [5.41, 5.74) is 8.36. The summed E-state index contributed by atoms with van der Waals surface area (Å²) in [7, 11) is 0. The van der Waals surface area contributed by atoms with E-state index >= 15 is 0 Å². The SMILES string of the molecule is CCn1c2ccccc2c2cc(NC(=O)c3ccc(N4CCc5cc6ccc(C)cc6nc54)cc3)ccc21. The van der Waals surface area contributed by atoms with Gasteiger partial charge in [-0.25, -0.2) is 4.98 Å². The Morgan fingerprint density at radius 1 is 0.895 bits per heavy atom. The van der Waals surface area contributed by atoms with E-state index in [4.69, 9.17) is 4.98 Å². The van der Waals surface area contributed by atoms with Crippen LogP contribution in [0.1, 0.15) is 28.4 Å². The smallest absolute Gasteiger partial charge is 0.255 e. The van der Waals surface area contributed by atoms with Crippen LogP contribution in [0, 0.1) is 6.92 Å². The van der Waals surface area contributed by atoms with Crippen LogP contribution in [0.3, 0.4) is 0 Å². The predicted octanol–water partition coefficient (Wildman–Crippen LogP) is 7.62. The first-order chi connectivity index (χ1) is 18.6. The first kappa shape index (κ1) is 22.5. The Kier molecular flexibility index (Phi) is 5.18. The third-order valence-corrected chi connectivity index (χ3v) is 7.68. The summed E-state index contributed by atoms with van der Waals surface area (Å²) in [6.07, 6.45) is 0.964. The van der Waals surface area contributed by atoms with Crippen molar-refractivity contribution in [3.05, 3.63) is 108 Å². The molecule has 5 nitrogen and oxygen atoms in total. The van der Waals surface area contributed by atoms with Gasteiger partial charge in [-0.3, -0.25) is 4.79 Å². The van der Waals surface area contributed by atoms with Crippen LogP contribution < -0.4 is 10.2 Å². The minimum atomic E-state index is -0.114. The molecule has 7 rings (SSSR count). The fourth-order valence-corrected chi connectivity index (χ4v) is 5.79. The van der Waals surface area contributed by atoms with Crippen molar-refractivity contribution in [2.24, 2.45) is 0 Å². The van der Waals surface area contributed by atoms with Crippen LogP contribution >= 0.6 is 0 Å². The number of hydrogen-bond acceptors (Lipinski definition) is 3. The number of carbonyl (C=O) groups is 1. The molecule has 2 aromatic heterocycles. The summed E-state index contributed by atoms with van der Waals surface area (Å²) >= 11 is 0. The second-order valence-corrected chi connectivity index (χ2v) is 10.1. The van der Waals surface area contributed by atoms with Crippen LogP contribution in [0.25, 0.3) is 32.7 Å². The van der Waals surface area contributed by atoms with Crippen LogP contribution in [0.4, 0.5) is 17.2 Å². The number of aryl methyl sites for hydroxylation is 2. The van der Waals surface area contributed by atoms with Crippen molar-refractivity contribution < 1.29 is 4.79 Å². The molecule has 1 N–H and O–H groups in total. The highest BCUT2D eigenvalue weighted by Gasteiger charge is 2.23. The molecule has 0 fully saturated rings. The number of rotatable bonds is 4. The summed E-state index contributed by atoms with van der Waals surface area (Å²) in [6, 6.07) is 31.1. The first-order valence-corrected chi connectivity index (χ1v) is 13.2. The van der Waals surface area contributed by atoms with Gasteiger partial charge in [-0.05, 0) is 92.1 Å². The molecular weight excluding hydrogens is 468 g/mol. The third kappa shape index (κ3) is 3.62. The van der Waals surface area contributed by atoms with Crippen molar-refractivity contribution in [3.63, 3.8) is 0 Å². The Morgan fingerprint density at radius 2 is 1.71 bits per heavy atom. The lowest BCUT2D eigenvalue weighted by Gasteiger charge is -2.19. The van der Waals surface area contributed by atoms with E-state index in [0.717, 1.165) is 47.6 Å². The summed E-state index contributed by atoms with van der Waals surface area (Å²) in [5.74, 6) is 0.899. The van der Waals surface area contributed by atoms with E-state index in [2.05, 4.69) is 89.3 Å². The molecule has 0 saturated carbocycles. The third-order valence-electron chi connectivity index (χ3n) is 7.68. The van der Waals surface area contributed by atoms with E-state index in [-0.39, 0.29) is 5.91 Å². The van der Waals surface area contributed by atoms with Crippen molar-refractivity contribution in [2.45, 2.75) is 26.8 Å². The number of nitrogens with zero attached hydrogens (tertiary/aromatic N) is 3. The highest BCUT2D eigenvalue weighted by atomic mass is 16.1. The van der Waals surface area contributed by atoms with Crippen LogP contribution in [0.5, 0.6) is 0 Å². The Bertz CT molecular complexity index is 1870. The molecule has 0 unspecified atom stereocenters. The molecule has 1 amide bonds. The Labute approximate surface area is 221 Å². The van der Waals surface area contributed by atoms with Crippen LogP contribution in [-0.2, 0) is 13.0 Å².